The molecule has 0 aliphatic rings. The second-order valence-corrected chi connectivity index (χ2v) is 3.36. The molecular formula is C12H21N3O2. The highest BCUT2D eigenvalue weighted by Gasteiger charge is 2.05. The van der Waals surface area contributed by atoms with Crippen molar-refractivity contribution in [3.8, 4) is 0 Å². The van der Waals surface area contributed by atoms with E-state index < -0.39 is 5.97 Å². The summed E-state index contributed by atoms with van der Waals surface area (Å²) in [5, 5.41) is 8.45. The van der Waals surface area contributed by atoms with Crippen LogP contribution in [0.1, 0.15) is 31.1 Å². The second-order valence-electron chi connectivity index (χ2n) is 3.36. The Morgan fingerprint density at radius 2 is 1.88 bits per heavy atom. The molecule has 1 aromatic rings. The molecule has 0 fully saturated rings. The largest absolute Gasteiger partial charge is 0.478 e. The topological polar surface area (TPSA) is 79.5 Å². The van der Waals surface area contributed by atoms with Gasteiger partial charge in [0.2, 0.25) is 0 Å². The SMILES string of the molecule is CCN(CC)CC.Nc1ncccc1C(=O)O. The first-order valence-corrected chi connectivity index (χ1v) is 5.72. The number of aromatic nitrogens is 1. The van der Waals surface area contributed by atoms with Gasteiger partial charge in [-0.1, -0.05) is 20.8 Å². The van der Waals surface area contributed by atoms with Gasteiger partial charge in [-0.15, -0.1) is 0 Å². The van der Waals surface area contributed by atoms with Crippen molar-refractivity contribution < 1.29 is 9.90 Å². The van der Waals surface area contributed by atoms with Crippen LogP contribution >= 0.6 is 0 Å². The summed E-state index contributed by atoms with van der Waals surface area (Å²) < 4.78 is 0. The molecule has 0 aliphatic heterocycles. The highest BCUT2D eigenvalue weighted by Crippen LogP contribution is 2.05. The van der Waals surface area contributed by atoms with E-state index in [9.17, 15) is 4.79 Å². The van der Waals surface area contributed by atoms with Crippen LogP contribution in [0.3, 0.4) is 0 Å². The summed E-state index contributed by atoms with van der Waals surface area (Å²) >= 11 is 0. The Bertz CT molecular complexity index is 333. The second kappa shape index (κ2) is 8.52. The van der Waals surface area contributed by atoms with Crippen LogP contribution in [0.2, 0.25) is 0 Å². The van der Waals surface area contributed by atoms with Crippen molar-refractivity contribution in [2.45, 2.75) is 20.8 Å². The lowest BCUT2D eigenvalue weighted by molar-refractivity contribution is 0.0697. The molecule has 1 rings (SSSR count). The third-order valence-electron chi connectivity index (χ3n) is 2.41. The molecule has 5 heteroatoms. The van der Waals surface area contributed by atoms with E-state index in [4.69, 9.17) is 10.8 Å². The number of aromatic carboxylic acids is 1. The molecule has 0 saturated heterocycles. The minimum Gasteiger partial charge on any atom is -0.478 e. The Kier molecular flexibility index (Phi) is 7.71. The van der Waals surface area contributed by atoms with Gasteiger partial charge in [-0.3, -0.25) is 0 Å². The van der Waals surface area contributed by atoms with Crippen molar-refractivity contribution in [3.63, 3.8) is 0 Å². The smallest absolute Gasteiger partial charge is 0.339 e. The lowest BCUT2D eigenvalue weighted by Gasteiger charge is -2.13. The van der Waals surface area contributed by atoms with Gasteiger partial charge in [-0.2, -0.15) is 0 Å². The van der Waals surface area contributed by atoms with Gasteiger partial charge >= 0.3 is 5.97 Å². The van der Waals surface area contributed by atoms with Crippen LogP contribution in [0.25, 0.3) is 0 Å². The van der Waals surface area contributed by atoms with E-state index in [0.717, 1.165) is 0 Å². The van der Waals surface area contributed by atoms with Crippen molar-refractivity contribution in [2.75, 3.05) is 25.4 Å². The fourth-order valence-corrected chi connectivity index (χ4v) is 1.27. The molecule has 5 nitrogen and oxygen atoms in total. The first kappa shape index (κ1) is 15.4. The van der Waals surface area contributed by atoms with Gasteiger partial charge in [-0.05, 0) is 31.8 Å². The van der Waals surface area contributed by atoms with E-state index in [-0.39, 0.29) is 11.4 Å². The Labute approximate surface area is 102 Å². The fourth-order valence-electron chi connectivity index (χ4n) is 1.27. The minimum absolute atomic E-state index is 0.0440. The van der Waals surface area contributed by atoms with Gasteiger partial charge in [0.1, 0.15) is 11.4 Å². The first-order chi connectivity index (χ1) is 8.06. The molecule has 0 radical (unpaired) electrons. The number of hydrogen-bond acceptors (Lipinski definition) is 4. The van der Waals surface area contributed by atoms with Gasteiger partial charge in [0.25, 0.3) is 0 Å². The molecule has 0 amide bonds. The monoisotopic (exact) mass is 239 g/mol. The molecule has 0 atom stereocenters. The van der Waals surface area contributed by atoms with E-state index in [2.05, 4.69) is 30.7 Å². The maximum Gasteiger partial charge on any atom is 0.339 e. The Morgan fingerprint density at radius 3 is 2.12 bits per heavy atom. The highest BCUT2D eigenvalue weighted by molar-refractivity contribution is 5.92. The number of nitrogens with two attached hydrogens (primary N) is 1. The number of carbonyl (C=O) groups is 1. The average molecular weight is 239 g/mol. The van der Waals surface area contributed by atoms with Crippen molar-refractivity contribution in [1.29, 1.82) is 0 Å². The molecule has 3 N–H and O–H groups in total. The number of nitrogens with zero attached hydrogens (tertiary/aromatic N) is 2. The normalized spacial score (nSPS) is 9.65. The molecule has 0 aliphatic carbocycles. The summed E-state index contributed by atoms with van der Waals surface area (Å²) in [5.41, 5.74) is 5.27. The van der Waals surface area contributed by atoms with Crippen LogP contribution < -0.4 is 5.73 Å². The lowest BCUT2D eigenvalue weighted by Crippen LogP contribution is -2.21. The summed E-state index contributed by atoms with van der Waals surface area (Å²) in [6.07, 6.45) is 1.45. The van der Waals surface area contributed by atoms with Crippen LogP contribution in [0.5, 0.6) is 0 Å². The standard InChI is InChI=1S/C6H6N2O2.C6H15N/c7-5-4(6(9)10)2-1-3-8-5;1-4-7(5-2)6-3/h1-3H,(H2,7,8)(H,9,10);4-6H2,1-3H3. The maximum atomic E-state index is 10.3. The molecule has 0 unspecified atom stereocenters. The summed E-state index contributed by atoms with van der Waals surface area (Å²) in [7, 11) is 0. The number of hydrogen-bond donors (Lipinski definition) is 2. The van der Waals surface area contributed by atoms with Crippen LogP contribution in [0.15, 0.2) is 18.3 Å². The van der Waals surface area contributed by atoms with E-state index in [1.54, 1.807) is 0 Å². The summed E-state index contributed by atoms with van der Waals surface area (Å²) in [6, 6.07) is 2.94. The average Bonchev–Trinajstić information content (AvgIpc) is 2.32. The zero-order chi connectivity index (χ0) is 13.3. The summed E-state index contributed by atoms with van der Waals surface area (Å²) in [6.45, 7) is 10.1. The maximum absolute atomic E-state index is 10.3. The van der Waals surface area contributed by atoms with E-state index in [0.29, 0.717) is 0 Å². The third-order valence-corrected chi connectivity index (χ3v) is 2.41. The number of anilines is 1. The van der Waals surface area contributed by atoms with Crippen LogP contribution in [-0.4, -0.2) is 40.6 Å². The van der Waals surface area contributed by atoms with Crippen LogP contribution in [0.4, 0.5) is 5.82 Å². The van der Waals surface area contributed by atoms with Gasteiger partial charge in [0, 0.05) is 6.20 Å². The van der Waals surface area contributed by atoms with Crippen LogP contribution in [0, 0.1) is 0 Å². The summed E-state index contributed by atoms with van der Waals surface area (Å²) in [4.78, 5) is 16.3. The number of carboxylic acids is 1. The Morgan fingerprint density at radius 1 is 1.35 bits per heavy atom. The van der Waals surface area contributed by atoms with Crippen LogP contribution in [-0.2, 0) is 0 Å². The fraction of sp³-hybridized carbons (Fsp3) is 0.500. The highest BCUT2D eigenvalue weighted by atomic mass is 16.4. The van der Waals surface area contributed by atoms with Crippen molar-refractivity contribution >= 4 is 11.8 Å². The molecule has 1 aromatic heterocycles. The zero-order valence-corrected chi connectivity index (χ0v) is 10.7. The minimum atomic E-state index is -1.05. The van der Waals surface area contributed by atoms with Gasteiger partial charge in [0.05, 0.1) is 0 Å². The van der Waals surface area contributed by atoms with Crippen molar-refractivity contribution in [2.24, 2.45) is 0 Å². The van der Waals surface area contributed by atoms with Gasteiger partial charge < -0.3 is 15.7 Å². The molecule has 0 aromatic carbocycles. The molecule has 0 spiro atoms. The third kappa shape index (κ3) is 5.87. The molecular weight excluding hydrogens is 218 g/mol. The number of pyridine rings is 1. The van der Waals surface area contributed by atoms with Crippen molar-refractivity contribution in [3.05, 3.63) is 23.9 Å². The van der Waals surface area contributed by atoms with E-state index in [1.807, 2.05) is 0 Å². The predicted octanol–water partition coefficient (Wildman–Crippen LogP) is 1.71. The molecule has 0 saturated carbocycles. The number of carboxylic acid groups (broad SMARTS) is 1. The first-order valence-electron chi connectivity index (χ1n) is 5.72. The molecule has 0 bridgehead atoms. The van der Waals surface area contributed by atoms with E-state index in [1.165, 1.54) is 38.0 Å². The van der Waals surface area contributed by atoms with E-state index >= 15 is 0 Å². The van der Waals surface area contributed by atoms with Gasteiger partial charge in [-0.25, -0.2) is 9.78 Å². The quantitative estimate of drug-likeness (QED) is 0.836. The van der Waals surface area contributed by atoms with Gasteiger partial charge in [0.15, 0.2) is 0 Å². The predicted molar refractivity (Wildman–Crippen MR) is 69.1 cm³/mol. The molecule has 1 heterocycles. The summed E-state index contributed by atoms with van der Waals surface area (Å²) in [5.74, 6) is -0.999. The number of nitrogen functional groups attached to an aromatic ring is 1. The Hall–Kier alpha value is -1.62. The number of rotatable bonds is 4. The molecule has 96 valence electrons. The lowest BCUT2D eigenvalue weighted by atomic mass is 10.3. The Balaban J connectivity index is 0.000000325. The van der Waals surface area contributed by atoms with Crippen molar-refractivity contribution in [1.82, 2.24) is 9.88 Å². The zero-order valence-electron chi connectivity index (χ0n) is 10.7. The molecule has 17 heavy (non-hydrogen) atoms.